The molecule has 0 saturated heterocycles. The molecule has 3 heterocycles. The molecule has 0 radical (unpaired) electrons. The van der Waals surface area contributed by atoms with Crippen molar-refractivity contribution < 1.29 is 14.0 Å². The minimum absolute atomic E-state index is 0.147. The second-order valence-corrected chi connectivity index (χ2v) is 6.40. The Morgan fingerprint density at radius 2 is 2.22 bits per heavy atom. The van der Waals surface area contributed by atoms with E-state index >= 15 is 0 Å². The van der Waals surface area contributed by atoms with Crippen LogP contribution < -0.4 is 5.32 Å². The second kappa shape index (κ2) is 5.24. The quantitative estimate of drug-likeness (QED) is 0.746. The molecule has 1 N–H and O–H groups in total. The van der Waals surface area contributed by atoms with Crippen LogP contribution in [0.4, 0.5) is 10.3 Å². The molecule has 1 aliphatic rings. The van der Waals surface area contributed by atoms with Gasteiger partial charge in [-0.3, -0.25) is 14.9 Å². The number of nitrogens with zero attached hydrogens (tertiary/aromatic N) is 3. The molecule has 1 aliphatic carbocycles. The summed E-state index contributed by atoms with van der Waals surface area (Å²) in [6.07, 6.45) is -0.00575. The van der Waals surface area contributed by atoms with Crippen molar-refractivity contribution in [3.8, 4) is 10.6 Å². The first-order chi connectivity index (χ1) is 11.2. The smallest absolute Gasteiger partial charge is 0.249 e. The molecule has 0 aliphatic heterocycles. The molecule has 3 aromatic rings. The van der Waals surface area contributed by atoms with Gasteiger partial charge in [0.25, 0.3) is 0 Å². The fraction of sp³-hybridized carbons (Fsp3) is 0.200. The molecule has 4 rings (SSSR count). The number of carbonyl (C=O) groups is 2. The SMILES string of the molecule is O=Cc1ccc(-c2cccc3nc(NC(=O)[C@@H]4C[C@H]4F)nn23)s1. The summed E-state index contributed by atoms with van der Waals surface area (Å²) < 4.78 is 14.5. The maximum absolute atomic E-state index is 12.9. The first-order valence-corrected chi connectivity index (χ1v) is 7.83. The number of carbonyl (C=O) groups excluding carboxylic acids is 2. The maximum Gasteiger partial charge on any atom is 0.249 e. The van der Waals surface area contributed by atoms with E-state index in [1.165, 1.54) is 11.3 Å². The Morgan fingerprint density at radius 3 is 2.91 bits per heavy atom. The summed E-state index contributed by atoms with van der Waals surface area (Å²) in [5, 5.41) is 6.81. The predicted molar refractivity (Wildman–Crippen MR) is 83.3 cm³/mol. The van der Waals surface area contributed by atoms with E-state index in [0.717, 1.165) is 16.9 Å². The summed E-state index contributed by atoms with van der Waals surface area (Å²) >= 11 is 1.35. The molecule has 116 valence electrons. The summed E-state index contributed by atoms with van der Waals surface area (Å²) in [5.74, 6) is -0.837. The molecule has 0 unspecified atom stereocenters. The zero-order chi connectivity index (χ0) is 16.0. The zero-order valence-corrected chi connectivity index (χ0v) is 12.6. The Hall–Kier alpha value is -2.61. The van der Waals surface area contributed by atoms with Crippen molar-refractivity contribution in [2.24, 2.45) is 5.92 Å². The topological polar surface area (TPSA) is 76.4 Å². The lowest BCUT2D eigenvalue weighted by Gasteiger charge is -2.00. The zero-order valence-electron chi connectivity index (χ0n) is 11.8. The molecule has 1 fully saturated rings. The number of aromatic nitrogens is 3. The number of hydrogen-bond donors (Lipinski definition) is 1. The van der Waals surface area contributed by atoms with Crippen molar-refractivity contribution in [3.05, 3.63) is 35.2 Å². The van der Waals surface area contributed by atoms with E-state index in [2.05, 4.69) is 15.4 Å². The Labute approximate surface area is 134 Å². The third-order valence-electron chi connectivity index (χ3n) is 3.64. The van der Waals surface area contributed by atoms with Gasteiger partial charge in [-0.15, -0.1) is 16.4 Å². The molecule has 0 spiro atoms. The number of fused-ring (bicyclic) bond motifs is 1. The van der Waals surface area contributed by atoms with Gasteiger partial charge in [0.15, 0.2) is 11.9 Å². The average molecular weight is 330 g/mol. The van der Waals surface area contributed by atoms with Crippen molar-refractivity contribution in [2.75, 3.05) is 5.32 Å². The van der Waals surface area contributed by atoms with Gasteiger partial charge in [-0.2, -0.15) is 4.98 Å². The first kappa shape index (κ1) is 14.0. The van der Waals surface area contributed by atoms with Crippen LogP contribution in [0, 0.1) is 5.92 Å². The van der Waals surface area contributed by atoms with Gasteiger partial charge in [-0.1, -0.05) is 6.07 Å². The van der Waals surface area contributed by atoms with Crippen LogP contribution in [0.2, 0.25) is 0 Å². The van der Waals surface area contributed by atoms with E-state index in [9.17, 15) is 14.0 Å². The van der Waals surface area contributed by atoms with E-state index in [1.54, 1.807) is 16.6 Å². The highest BCUT2D eigenvalue weighted by atomic mass is 32.1. The van der Waals surface area contributed by atoms with Crippen LogP contribution in [0.3, 0.4) is 0 Å². The fourth-order valence-electron chi connectivity index (χ4n) is 2.34. The molecule has 0 aromatic carbocycles. The van der Waals surface area contributed by atoms with Crippen molar-refractivity contribution in [3.63, 3.8) is 0 Å². The van der Waals surface area contributed by atoms with Gasteiger partial charge in [0.05, 0.1) is 21.4 Å². The van der Waals surface area contributed by atoms with Crippen molar-refractivity contribution in [1.29, 1.82) is 0 Å². The molecule has 1 saturated carbocycles. The van der Waals surface area contributed by atoms with Crippen LogP contribution >= 0.6 is 11.3 Å². The van der Waals surface area contributed by atoms with Gasteiger partial charge < -0.3 is 0 Å². The highest BCUT2D eigenvalue weighted by molar-refractivity contribution is 7.17. The Morgan fingerprint density at radius 1 is 1.39 bits per heavy atom. The minimum Gasteiger partial charge on any atom is -0.297 e. The van der Waals surface area contributed by atoms with Crippen LogP contribution in [-0.2, 0) is 4.79 Å². The normalized spacial score (nSPS) is 19.7. The highest BCUT2D eigenvalue weighted by Gasteiger charge is 2.44. The number of thiophene rings is 1. The van der Waals surface area contributed by atoms with E-state index in [4.69, 9.17) is 0 Å². The first-order valence-electron chi connectivity index (χ1n) is 7.02. The molecule has 23 heavy (non-hydrogen) atoms. The lowest BCUT2D eigenvalue weighted by Crippen LogP contribution is -2.16. The number of rotatable bonds is 4. The molecule has 6 nitrogen and oxygen atoms in total. The standard InChI is InChI=1S/C15H11FN4O2S/c16-10-6-9(10)14(22)18-15-17-13-3-1-2-11(20(13)19-15)12-5-4-8(7-21)23-12/h1-5,7,9-10H,6H2,(H,18,19,22)/t9-,10-/m1/s1. The average Bonchev–Trinajstić information content (AvgIpc) is 2.97. The summed E-state index contributed by atoms with van der Waals surface area (Å²) in [7, 11) is 0. The van der Waals surface area contributed by atoms with Crippen molar-refractivity contribution in [1.82, 2.24) is 14.6 Å². The Balaban J connectivity index is 1.69. The number of alkyl halides is 1. The van der Waals surface area contributed by atoms with Gasteiger partial charge in [-0.25, -0.2) is 8.91 Å². The van der Waals surface area contributed by atoms with Gasteiger partial charge in [-0.05, 0) is 30.7 Å². The van der Waals surface area contributed by atoms with E-state index in [1.807, 2.05) is 18.2 Å². The van der Waals surface area contributed by atoms with Gasteiger partial charge >= 0.3 is 0 Å². The van der Waals surface area contributed by atoms with Gasteiger partial charge in [0.2, 0.25) is 11.9 Å². The summed E-state index contributed by atoms with van der Waals surface area (Å²) in [6.45, 7) is 0. The molecule has 1 amide bonds. The molecular weight excluding hydrogens is 319 g/mol. The number of anilines is 1. The summed E-state index contributed by atoms with van der Waals surface area (Å²) in [6, 6.07) is 9.01. The lowest BCUT2D eigenvalue weighted by atomic mass is 10.3. The Bertz CT molecular complexity index is 919. The monoisotopic (exact) mass is 330 g/mol. The highest BCUT2D eigenvalue weighted by Crippen LogP contribution is 2.34. The van der Waals surface area contributed by atoms with Crippen LogP contribution in [0.5, 0.6) is 0 Å². The number of hydrogen-bond acceptors (Lipinski definition) is 5. The molecule has 8 heteroatoms. The lowest BCUT2D eigenvalue weighted by molar-refractivity contribution is -0.117. The third-order valence-corrected chi connectivity index (χ3v) is 4.67. The molecular formula is C15H11FN4O2S. The van der Waals surface area contributed by atoms with Crippen LogP contribution in [0.25, 0.3) is 16.2 Å². The number of nitrogens with one attached hydrogen (secondary N) is 1. The van der Waals surface area contributed by atoms with E-state index in [-0.39, 0.29) is 12.4 Å². The van der Waals surface area contributed by atoms with E-state index in [0.29, 0.717) is 10.5 Å². The van der Waals surface area contributed by atoms with Crippen molar-refractivity contribution in [2.45, 2.75) is 12.6 Å². The van der Waals surface area contributed by atoms with Crippen LogP contribution in [0.15, 0.2) is 30.3 Å². The van der Waals surface area contributed by atoms with Gasteiger partial charge in [0.1, 0.15) is 6.17 Å². The molecule has 3 aromatic heterocycles. The fourth-order valence-corrected chi connectivity index (χ4v) is 3.17. The van der Waals surface area contributed by atoms with Crippen LogP contribution in [0.1, 0.15) is 16.1 Å². The number of amides is 1. The molecule has 2 atom stereocenters. The summed E-state index contributed by atoms with van der Waals surface area (Å²) in [5.41, 5.74) is 1.33. The van der Waals surface area contributed by atoms with Crippen LogP contribution in [-0.4, -0.2) is 33.0 Å². The van der Waals surface area contributed by atoms with E-state index < -0.39 is 18.0 Å². The number of pyridine rings is 1. The van der Waals surface area contributed by atoms with Crippen molar-refractivity contribution >= 4 is 35.1 Å². The number of aldehydes is 1. The largest absolute Gasteiger partial charge is 0.297 e. The minimum atomic E-state index is -1.06. The third kappa shape index (κ3) is 2.50. The summed E-state index contributed by atoms with van der Waals surface area (Å²) in [4.78, 5) is 28.3. The second-order valence-electron chi connectivity index (χ2n) is 5.28. The molecule has 0 bridgehead atoms. The number of halogens is 1. The van der Waals surface area contributed by atoms with Gasteiger partial charge in [0, 0.05) is 0 Å². The Kier molecular flexibility index (Phi) is 3.19. The predicted octanol–water partition coefficient (Wildman–Crippen LogP) is 2.57. The maximum atomic E-state index is 12.9.